The highest BCUT2D eigenvalue weighted by atomic mass is 16.5. The van der Waals surface area contributed by atoms with E-state index in [0.717, 1.165) is 18.5 Å². The third-order valence-electron chi connectivity index (χ3n) is 3.53. The van der Waals surface area contributed by atoms with Crippen molar-refractivity contribution in [2.24, 2.45) is 10.7 Å². The summed E-state index contributed by atoms with van der Waals surface area (Å²) in [7, 11) is 1.59. The second-order valence-electron chi connectivity index (χ2n) is 5.34. The fraction of sp³-hybridized carbons (Fsp3) is 0.250. The molecule has 0 aromatic heterocycles. The van der Waals surface area contributed by atoms with E-state index in [1.54, 1.807) is 7.11 Å². The normalized spacial score (nSPS) is 10.8. The summed E-state index contributed by atoms with van der Waals surface area (Å²) < 4.78 is 10.7. The molecule has 25 heavy (non-hydrogen) atoms. The monoisotopic (exact) mass is 337 g/mol. The molecule has 0 saturated carbocycles. The third kappa shape index (κ3) is 6.11. The average Bonchev–Trinajstić information content (AvgIpc) is 2.65. The molecule has 0 aliphatic heterocycles. The molecule has 0 aliphatic carbocycles. The summed E-state index contributed by atoms with van der Waals surface area (Å²) in [4.78, 5) is 4.35. The number of guanidine groups is 1. The molecule has 2 aromatic rings. The lowest BCUT2D eigenvalue weighted by Crippen LogP contribution is -2.33. The van der Waals surface area contributed by atoms with E-state index in [1.165, 1.54) is 5.56 Å². The number of nitrogens with one attached hydrogen (secondary N) is 1. The van der Waals surface area contributed by atoms with Gasteiger partial charge in [0.25, 0.3) is 0 Å². The number of aliphatic imine (C=N–C) groups is 1. The van der Waals surface area contributed by atoms with Gasteiger partial charge in [0.05, 0.1) is 13.7 Å². The first-order valence-electron chi connectivity index (χ1n) is 8.04. The van der Waals surface area contributed by atoms with E-state index in [1.807, 2.05) is 36.4 Å². The number of ether oxygens (including phenoxy) is 2. The number of benzene rings is 2. The second-order valence-corrected chi connectivity index (χ2v) is 5.34. The molecule has 0 bridgehead atoms. The summed E-state index contributed by atoms with van der Waals surface area (Å²) in [6, 6.07) is 15.8. The largest absolute Gasteiger partial charge is 0.493 e. The Hall–Kier alpha value is -3.13. The van der Waals surface area contributed by atoms with Crippen molar-refractivity contribution in [3.63, 3.8) is 0 Å². The number of methoxy groups -OCH3 is 1. The molecule has 130 valence electrons. The van der Waals surface area contributed by atoms with Crippen LogP contribution in [0.1, 0.15) is 11.1 Å². The molecule has 0 radical (unpaired) electrons. The van der Waals surface area contributed by atoms with E-state index in [2.05, 4.69) is 28.4 Å². The summed E-state index contributed by atoms with van der Waals surface area (Å²) in [6.45, 7) is 1.37. The van der Waals surface area contributed by atoms with Crippen molar-refractivity contribution in [1.29, 1.82) is 0 Å². The molecule has 0 atom stereocenters. The minimum atomic E-state index is 0.187. The molecule has 0 heterocycles. The first-order chi connectivity index (χ1) is 12.2. The molecule has 2 rings (SSSR count). The van der Waals surface area contributed by atoms with Crippen LogP contribution in [0.25, 0.3) is 0 Å². The molecule has 0 amide bonds. The van der Waals surface area contributed by atoms with Gasteiger partial charge in [-0.15, -0.1) is 6.42 Å². The lowest BCUT2D eigenvalue weighted by Gasteiger charge is -2.10. The maximum atomic E-state index is 5.92. The second kappa shape index (κ2) is 9.89. The Balaban J connectivity index is 1.88. The smallest absolute Gasteiger partial charge is 0.188 e. The fourth-order valence-corrected chi connectivity index (χ4v) is 2.26. The Morgan fingerprint density at radius 1 is 1.16 bits per heavy atom. The van der Waals surface area contributed by atoms with Crippen molar-refractivity contribution in [1.82, 2.24) is 5.32 Å². The zero-order valence-electron chi connectivity index (χ0n) is 14.4. The van der Waals surface area contributed by atoms with Crippen molar-refractivity contribution in [3.05, 3.63) is 59.7 Å². The van der Waals surface area contributed by atoms with E-state index in [4.69, 9.17) is 21.6 Å². The number of rotatable bonds is 8. The SMILES string of the molecule is C#CCOc1cc(CN=C(N)NCCc2ccccc2)ccc1OC. The van der Waals surface area contributed by atoms with Crippen molar-refractivity contribution < 1.29 is 9.47 Å². The van der Waals surface area contributed by atoms with Crippen LogP contribution in [-0.2, 0) is 13.0 Å². The van der Waals surface area contributed by atoms with Crippen LogP contribution in [0.5, 0.6) is 11.5 Å². The van der Waals surface area contributed by atoms with Gasteiger partial charge in [0.1, 0.15) is 6.61 Å². The van der Waals surface area contributed by atoms with Crippen LogP contribution in [0.2, 0.25) is 0 Å². The Morgan fingerprint density at radius 2 is 1.96 bits per heavy atom. The Kier molecular flexibility index (Phi) is 7.20. The van der Waals surface area contributed by atoms with Crippen LogP contribution >= 0.6 is 0 Å². The van der Waals surface area contributed by atoms with Crippen LogP contribution in [0, 0.1) is 12.3 Å². The van der Waals surface area contributed by atoms with Gasteiger partial charge in [-0.3, -0.25) is 0 Å². The fourth-order valence-electron chi connectivity index (χ4n) is 2.26. The van der Waals surface area contributed by atoms with E-state index in [9.17, 15) is 0 Å². The highest BCUT2D eigenvalue weighted by molar-refractivity contribution is 5.77. The average molecular weight is 337 g/mol. The van der Waals surface area contributed by atoms with Gasteiger partial charge in [0.15, 0.2) is 17.5 Å². The van der Waals surface area contributed by atoms with E-state index < -0.39 is 0 Å². The van der Waals surface area contributed by atoms with Crippen molar-refractivity contribution in [2.75, 3.05) is 20.3 Å². The predicted molar refractivity (Wildman–Crippen MR) is 101 cm³/mol. The van der Waals surface area contributed by atoms with Crippen LogP contribution in [0.4, 0.5) is 0 Å². The number of hydrogen-bond acceptors (Lipinski definition) is 3. The van der Waals surface area contributed by atoms with Crippen LogP contribution in [0.15, 0.2) is 53.5 Å². The number of nitrogens with zero attached hydrogens (tertiary/aromatic N) is 1. The Bertz CT molecular complexity index is 736. The van der Waals surface area contributed by atoms with Gasteiger partial charge in [-0.05, 0) is 29.7 Å². The molecule has 0 unspecified atom stereocenters. The highest BCUT2D eigenvalue weighted by Gasteiger charge is 2.05. The van der Waals surface area contributed by atoms with E-state index in [0.29, 0.717) is 24.0 Å². The topological polar surface area (TPSA) is 68.9 Å². The maximum absolute atomic E-state index is 5.92. The summed E-state index contributed by atoms with van der Waals surface area (Å²) in [6.07, 6.45) is 6.12. The summed E-state index contributed by atoms with van der Waals surface area (Å²) in [5.41, 5.74) is 8.13. The molecule has 5 heteroatoms. The predicted octanol–water partition coefficient (Wildman–Crippen LogP) is 2.35. The van der Waals surface area contributed by atoms with Gasteiger partial charge in [-0.25, -0.2) is 4.99 Å². The van der Waals surface area contributed by atoms with Crippen LogP contribution < -0.4 is 20.5 Å². The van der Waals surface area contributed by atoms with Crippen LogP contribution in [-0.4, -0.2) is 26.2 Å². The lowest BCUT2D eigenvalue weighted by molar-refractivity contribution is 0.330. The number of terminal acetylenes is 1. The van der Waals surface area contributed by atoms with Gasteiger partial charge in [-0.2, -0.15) is 0 Å². The molecule has 0 aliphatic rings. The van der Waals surface area contributed by atoms with Gasteiger partial charge in [0.2, 0.25) is 0 Å². The molecule has 0 fully saturated rings. The first kappa shape index (κ1) is 18.2. The molecule has 2 aromatic carbocycles. The Labute approximate surface area is 148 Å². The molecular weight excluding hydrogens is 314 g/mol. The molecule has 0 saturated heterocycles. The standard InChI is InChI=1S/C20H23N3O2/c1-3-13-25-19-14-17(9-10-18(19)24-2)15-23-20(21)22-12-11-16-7-5-4-6-8-16/h1,4-10,14H,11-13,15H2,2H3,(H3,21,22,23). The van der Waals surface area contributed by atoms with Crippen LogP contribution in [0.3, 0.4) is 0 Å². The van der Waals surface area contributed by atoms with Gasteiger partial charge in [-0.1, -0.05) is 42.3 Å². The molecule has 0 spiro atoms. The molecular formula is C20H23N3O2. The van der Waals surface area contributed by atoms with Gasteiger partial charge in [0, 0.05) is 6.54 Å². The zero-order chi connectivity index (χ0) is 17.9. The van der Waals surface area contributed by atoms with Crippen molar-refractivity contribution >= 4 is 5.96 Å². The maximum Gasteiger partial charge on any atom is 0.188 e. The summed E-state index contributed by atoms with van der Waals surface area (Å²) >= 11 is 0. The zero-order valence-corrected chi connectivity index (χ0v) is 14.4. The third-order valence-corrected chi connectivity index (χ3v) is 3.53. The summed E-state index contributed by atoms with van der Waals surface area (Å²) in [5.74, 6) is 4.09. The van der Waals surface area contributed by atoms with E-state index >= 15 is 0 Å². The molecule has 3 N–H and O–H groups in total. The first-order valence-corrected chi connectivity index (χ1v) is 8.04. The molecule has 5 nitrogen and oxygen atoms in total. The number of nitrogens with two attached hydrogens (primary N) is 1. The minimum absolute atomic E-state index is 0.187. The van der Waals surface area contributed by atoms with Crippen molar-refractivity contribution in [2.45, 2.75) is 13.0 Å². The quantitative estimate of drug-likeness (QED) is 0.441. The lowest BCUT2D eigenvalue weighted by atomic mass is 10.1. The summed E-state index contributed by atoms with van der Waals surface area (Å²) in [5, 5.41) is 3.12. The van der Waals surface area contributed by atoms with E-state index in [-0.39, 0.29) is 6.61 Å². The Morgan fingerprint density at radius 3 is 2.68 bits per heavy atom. The highest BCUT2D eigenvalue weighted by Crippen LogP contribution is 2.28. The van der Waals surface area contributed by atoms with Crippen molar-refractivity contribution in [3.8, 4) is 23.8 Å². The van der Waals surface area contributed by atoms with Gasteiger partial charge >= 0.3 is 0 Å². The number of hydrogen-bond donors (Lipinski definition) is 2. The van der Waals surface area contributed by atoms with Gasteiger partial charge < -0.3 is 20.5 Å². The minimum Gasteiger partial charge on any atom is -0.493 e.